The zero-order valence-electron chi connectivity index (χ0n) is 17.2. The Kier molecular flexibility index (Phi) is 7.49. The molecule has 10 heteroatoms. The molecule has 0 unspecified atom stereocenters. The van der Waals surface area contributed by atoms with Gasteiger partial charge in [0, 0.05) is 0 Å². The Labute approximate surface area is 193 Å². The van der Waals surface area contributed by atoms with Gasteiger partial charge in [-0.3, -0.25) is 14.5 Å². The molecule has 1 aliphatic rings. The zero-order chi connectivity index (χ0) is 23.3. The number of carboxylic acids is 1. The summed E-state index contributed by atoms with van der Waals surface area (Å²) in [5.74, 6) is -1.02. The third kappa shape index (κ3) is 5.45. The standard InChI is InChI=1S/C22H19NO7S2/c1-28-17-9-14(10-18-20(26)23(11-19(24)25)22(31)32-18)5-8-16(17)30-12-13-3-6-15(7-4-13)21(27)29-2/h3-10H,11-12H2,1-2H3,(H,24,25)/b18-10+. The van der Waals surface area contributed by atoms with Gasteiger partial charge in [0.1, 0.15) is 17.5 Å². The summed E-state index contributed by atoms with van der Waals surface area (Å²) in [6.07, 6.45) is 1.62. The van der Waals surface area contributed by atoms with E-state index in [1.165, 1.54) is 14.2 Å². The van der Waals surface area contributed by atoms with Crippen molar-refractivity contribution in [2.75, 3.05) is 20.8 Å². The molecule has 1 N–H and O–H groups in total. The third-order valence-electron chi connectivity index (χ3n) is 4.42. The number of esters is 1. The van der Waals surface area contributed by atoms with Gasteiger partial charge in [0.2, 0.25) is 0 Å². The van der Waals surface area contributed by atoms with Crippen molar-refractivity contribution >= 4 is 52.2 Å². The van der Waals surface area contributed by atoms with Crippen LogP contribution in [0.4, 0.5) is 0 Å². The third-order valence-corrected chi connectivity index (χ3v) is 5.80. The summed E-state index contributed by atoms with van der Waals surface area (Å²) in [6, 6.07) is 12.0. The lowest BCUT2D eigenvalue weighted by Crippen LogP contribution is -2.33. The first-order chi connectivity index (χ1) is 15.3. The predicted octanol–water partition coefficient (Wildman–Crippen LogP) is 3.35. The number of carbonyl (C=O) groups is 3. The van der Waals surface area contributed by atoms with Crippen LogP contribution >= 0.6 is 24.0 Å². The number of hydrogen-bond acceptors (Lipinski definition) is 8. The van der Waals surface area contributed by atoms with Gasteiger partial charge in [0.05, 0.1) is 24.7 Å². The molecule has 0 bridgehead atoms. The van der Waals surface area contributed by atoms with Crippen molar-refractivity contribution in [1.82, 2.24) is 4.90 Å². The molecule has 1 aliphatic heterocycles. The van der Waals surface area contributed by atoms with Gasteiger partial charge in [-0.25, -0.2) is 4.79 Å². The molecule has 2 aromatic rings. The van der Waals surface area contributed by atoms with Crippen molar-refractivity contribution in [1.29, 1.82) is 0 Å². The minimum absolute atomic E-state index is 0.203. The second-order valence-corrected chi connectivity index (χ2v) is 8.22. The number of amides is 1. The summed E-state index contributed by atoms with van der Waals surface area (Å²) < 4.78 is 16.1. The molecule has 8 nitrogen and oxygen atoms in total. The molecule has 1 saturated heterocycles. The molecule has 0 saturated carbocycles. The van der Waals surface area contributed by atoms with Crippen LogP contribution in [0.3, 0.4) is 0 Å². The summed E-state index contributed by atoms with van der Waals surface area (Å²) in [5, 5.41) is 8.93. The molecule has 2 aromatic carbocycles. The molecule has 0 spiro atoms. The van der Waals surface area contributed by atoms with Crippen LogP contribution in [0.1, 0.15) is 21.5 Å². The van der Waals surface area contributed by atoms with E-state index in [0.717, 1.165) is 22.2 Å². The van der Waals surface area contributed by atoms with Crippen LogP contribution < -0.4 is 9.47 Å². The first-order valence-electron chi connectivity index (χ1n) is 9.27. The van der Waals surface area contributed by atoms with Gasteiger partial charge >= 0.3 is 11.9 Å². The van der Waals surface area contributed by atoms with E-state index in [0.29, 0.717) is 27.5 Å². The molecular weight excluding hydrogens is 454 g/mol. The fraction of sp³-hybridized carbons (Fsp3) is 0.182. The first kappa shape index (κ1) is 23.3. The molecular formula is C22H19NO7S2. The number of benzene rings is 2. The average molecular weight is 474 g/mol. The number of thioether (sulfide) groups is 1. The van der Waals surface area contributed by atoms with Gasteiger partial charge < -0.3 is 19.3 Å². The molecule has 32 heavy (non-hydrogen) atoms. The Hall–Kier alpha value is -3.37. The number of rotatable bonds is 8. The highest BCUT2D eigenvalue weighted by Crippen LogP contribution is 2.34. The van der Waals surface area contributed by atoms with E-state index in [1.54, 1.807) is 48.5 Å². The van der Waals surface area contributed by atoms with Gasteiger partial charge in [-0.1, -0.05) is 42.2 Å². The Morgan fingerprint density at radius 2 is 1.84 bits per heavy atom. The highest BCUT2D eigenvalue weighted by atomic mass is 32.2. The largest absolute Gasteiger partial charge is 0.493 e. The van der Waals surface area contributed by atoms with Gasteiger partial charge in [-0.2, -0.15) is 0 Å². The summed E-state index contributed by atoms with van der Waals surface area (Å²) in [7, 11) is 2.83. The summed E-state index contributed by atoms with van der Waals surface area (Å²) in [4.78, 5) is 36.2. The first-order valence-corrected chi connectivity index (χ1v) is 10.5. The van der Waals surface area contributed by atoms with Gasteiger partial charge in [0.15, 0.2) is 11.5 Å². The Morgan fingerprint density at radius 3 is 2.47 bits per heavy atom. The van der Waals surface area contributed by atoms with Gasteiger partial charge in [-0.05, 0) is 41.5 Å². The lowest BCUT2D eigenvalue weighted by atomic mass is 10.1. The second kappa shape index (κ2) is 10.3. The van der Waals surface area contributed by atoms with Crippen LogP contribution in [0.2, 0.25) is 0 Å². The molecule has 0 radical (unpaired) electrons. The molecule has 1 heterocycles. The Bertz CT molecular complexity index is 1100. The molecule has 0 aromatic heterocycles. The zero-order valence-corrected chi connectivity index (χ0v) is 18.8. The van der Waals surface area contributed by atoms with Crippen LogP contribution in [-0.2, 0) is 20.9 Å². The summed E-state index contributed by atoms with van der Waals surface area (Å²) in [5.41, 5.74) is 1.98. The number of thiocarbonyl (C=S) groups is 1. The Morgan fingerprint density at radius 1 is 1.12 bits per heavy atom. The van der Waals surface area contributed by atoms with Crippen LogP contribution in [0, 0.1) is 0 Å². The normalized spacial score (nSPS) is 14.6. The number of hydrogen-bond donors (Lipinski definition) is 1. The number of carboxylic acid groups (broad SMARTS) is 1. The van der Waals surface area contributed by atoms with Crippen LogP contribution in [0.5, 0.6) is 11.5 Å². The minimum Gasteiger partial charge on any atom is -0.493 e. The number of carbonyl (C=O) groups excluding carboxylic acids is 2. The number of aliphatic carboxylic acids is 1. The van der Waals surface area contributed by atoms with Gasteiger partial charge in [-0.15, -0.1) is 0 Å². The number of nitrogens with zero attached hydrogens (tertiary/aromatic N) is 1. The van der Waals surface area contributed by atoms with Crippen molar-refractivity contribution in [2.45, 2.75) is 6.61 Å². The number of ether oxygens (including phenoxy) is 3. The van der Waals surface area contributed by atoms with Crippen molar-refractivity contribution in [3.05, 3.63) is 64.1 Å². The molecule has 3 rings (SSSR count). The molecule has 0 atom stereocenters. The lowest BCUT2D eigenvalue weighted by Gasteiger charge is -2.12. The molecule has 166 valence electrons. The highest BCUT2D eigenvalue weighted by molar-refractivity contribution is 8.26. The second-order valence-electron chi connectivity index (χ2n) is 6.55. The Balaban J connectivity index is 1.71. The SMILES string of the molecule is COC(=O)c1ccc(COc2ccc(/C=C3/SC(=S)N(CC(=O)O)C3=O)cc2OC)cc1. The van der Waals surface area contributed by atoms with Crippen molar-refractivity contribution in [3.63, 3.8) is 0 Å². The lowest BCUT2D eigenvalue weighted by molar-refractivity contribution is -0.140. The summed E-state index contributed by atoms with van der Waals surface area (Å²) in [6.45, 7) is -0.219. The van der Waals surface area contributed by atoms with E-state index in [9.17, 15) is 14.4 Å². The topological polar surface area (TPSA) is 102 Å². The maximum atomic E-state index is 12.4. The van der Waals surface area contributed by atoms with Gasteiger partial charge in [0.25, 0.3) is 5.91 Å². The fourth-order valence-corrected chi connectivity index (χ4v) is 4.09. The van der Waals surface area contributed by atoms with E-state index >= 15 is 0 Å². The smallest absolute Gasteiger partial charge is 0.337 e. The number of methoxy groups -OCH3 is 2. The quantitative estimate of drug-likeness (QED) is 0.351. The van der Waals surface area contributed by atoms with E-state index in [1.807, 2.05) is 0 Å². The summed E-state index contributed by atoms with van der Waals surface area (Å²) >= 11 is 6.15. The fourth-order valence-electron chi connectivity index (χ4n) is 2.83. The maximum absolute atomic E-state index is 12.4. The van der Waals surface area contributed by atoms with Crippen molar-refractivity contribution in [3.8, 4) is 11.5 Å². The van der Waals surface area contributed by atoms with Crippen LogP contribution in [0.25, 0.3) is 6.08 Å². The molecule has 0 aliphatic carbocycles. The maximum Gasteiger partial charge on any atom is 0.337 e. The van der Waals surface area contributed by atoms with E-state index < -0.39 is 24.4 Å². The van der Waals surface area contributed by atoms with E-state index in [4.69, 9.17) is 26.8 Å². The monoisotopic (exact) mass is 473 g/mol. The van der Waals surface area contributed by atoms with E-state index in [2.05, 4.69) is 4.74 Å². The minimum atomic E-state index is -1.13. The molecule has 1 fully saturated rings. The van der Waals surface area contributed by atoms with Crippen LogP contribution in [-0.4, -0.2) is 52.9 Å². The van der Waals surface area contributed by atoms with E-state index in [-0.39, 0.29) is 10.9 Å². The highest BCUT2D eigenvalue weighted by Gasteiger charge is 2.33. The van der Waals surface area contributed by atoms with Crippen molar-refractivity contribution in [2.24, 2.45) is 0 Å². The predicted molar refractivity (Wildman–Crippen MR) is 123 cm³/mol. The van der Waals surface area contributed by atoms with Crippen molar-refractivity contribution < 1.29 is 33.7 Å². The average Bonchev–Trinajstić information content (AvgIpc) is 3.04. The molecule has 1 amide bonds. The van der Waals surface area contributed by atoms with Crippen LogP contribution in [0.15, 0.2) is 47.4 Å².